The minimum absolute atomic E-state index is 0.107. The monoisotopic (exact) mass is 439 g/mol. The van der Waals surface area contributed by atoms with Crippen LogP contribution in [0, 0.1) is 13.8 Å². The van der Waals surface area contributed by atoms with E-state index in [1.807, 2.05) is 54.9 Å². The highest BCUT2D eigenvalue weighted by atomic mass is 16.5. The summed E-state index contributed by atoms with van der Waals surface area (Å²) in [5, 5.41) is 7.51. The Morgan fingerprint density at radius 2 is 1.91 bits per heavy atom. The maximum Gasteiger partial charge on any atom is 0.251 e. The van der Waals surface area contributed by atoms with E-state index in [1.165, 1.54) is 6.33 Å². The van der Waals surface area contributed by atoms with Crippen molar-refractivity contribution >= 4 is 5.91 Å². The number of hydrogen-bond donors (Lipinski definition) is 1. The molecule has 3 heterocycles. The Morgan fingerprint density at radius 1 is 1.12 bits per heavy atom. The fourth-order valence-electron chi connectivity index (χ4n) is 4.20. The number of hydrogen-bond acceptors (Lipinski definition) is 5. The molecule has 0 saturated carbocycles. The number of rotatable bonds is 6. The molecule has 2 aromatic carbocycles. The van der Waals surface area contributed by atoms with Gasteiger partial charge >= 0.3 is 0 Å². The summed E-state index contributed by atoms with van der Waals surface area (Å²) in [5.41, 5.74) is 6.87. The molecule has 0 radical (unpaired) electrons. The van der Waals surface area contributed by atoms with E-state index in [9.17, 15) is 4.79 Å². The first-order chi connectivity index (χ1) is 16.1. The van der Waals surface area contributed by atoms with Gasteiger partial charge in [-0.05, 0) is 43.2 Å². The molecule has 0 aliphatic carbocycles. The van der Waals surface area contributed by atoms with E-state index >= 15 is 0 Å². The lowest BCUT2D eigenvalue weighted by atomic mass is 10.0. The molecule has 1 aliphatic rings. The molecule has 1 amide bonds. The third-order valence-electron chi connectivity index (χ3n) is 5.84. The number of ether oxygens (including phenoxy) is 1. The molecule has 5 rings (SSSR count). The van der Waals surface area contributed by atoms with Crippen LogP contribution in [-0.2, 0) is 13.0 Å². The predicted octanol–water partition coefficient (Wildman–Crippen LogP) is 3.74. The Hall–Kier alpha value is -4.00. The summed E-state index contributed by atoms with van der Waals surface area (Å²) >= 11 is 0. The van der Waals surface area contributed by atoms with Crippen LogP contribution < -0.4 is 10.1 Å². The average molecular weight is 440 g/mol. The van der Waals surface area contributed by atoms with Crippen molar-refractivity contribution in [1.82, 2.24) is 25.1 Å². The number of carbonyl (C=O) groups excluding carboxylic acids is 1. The van der Waals surface area contributed by atoms with Crippen molar-refractivity contribution in [3.8, 4) is 16.9 Å². The van der Waals surface area contributed by atoms with E-state index < -0.39 is 0 Å². The highest BCUT2D eigenvalue weighted by molar-refractivity contribution is 5.94. The molecular formula is C26H25N5O2. The van der Waals surface area contributed by atoms with E-state index in [0.717, 1.165) is 45.8 Å². The van der Waals surface area contributed by atoms with Gasteiger partial charge in [0.25, 0.3) is 5.91 Å². The minimum Gasteiger partial charge on any atom is -0.487 e. The van der Waals surface area contributed by atoms with Crippen molar-refractivity contribution < 1.29 is 9.53 Å². The van der Waals surface area contributed by atoms with Crippen molar-refractivity contribution in [1.29, 1.82) is 0 Å². The number of aromatic nitrogens is 4. The van der Waals surface area contributed by atoms with Gasteiger partial charge in [0.2, 0.25) is 0 Å². The zero-order valence-corrected chi connectivity index (χ0v) is 18.7. The summed E-state index contributed by atoms with van der Waals surface area (Å²) in [6.07, 6.45) is 5.70. The van der Waals surface area contributed by atoms with Crippen molar-refractivity contribution in [3.05, 3.63) is 95.3 Å². The van der Waals surface area contributed by atoms with Crippen molar-refractivity contribution in [2.24, 2.45) is 0 Å². The Labute approximate surface area is 192 Å². The number of aryl methyl sites for hydroxylation is 2. The molecule has 0 unspecified atom stereocenters. The summed E-state index contributed by atoms with van der Waals surface area (Å²) in [5.74, 6) is 0.740. The lowest BCUT2D eigenvalue weighted by molar-refractivity contribution is 0.0933. The molecule has 2 aromatic heterocycles. The van der Waals surface area contributed by atoms with Crippen LogP contribution in [0.1, 0.15) is 32.9 Å². The van der Waals surface area contributed by atoms with Gasteiger partial charge < -0.3 is 10.1 Å². The van der Waals surface area contributed by atoms with Crippen LogP contribution >= 0.6 is 0 Å². The van der Waals surface area contributed by atoms with Gasteiger partial charge in [-0.25, -0.2) is 9.97 Å². The second kappa shape index (κ2) is 8.86. The fourth-order valence-corrected chi connectivity index (χ4v) is 4.20. The van der Waals surface area contributed by atoms with E-state index in [1.54, 1.807) is 12.4 Å². The highest BCUT2D eigenvalue weighted by Crippen LogP contribution is 2.38. The second-order valence-corrected chi connectivity index (χ2v) is 8.36. The number of fused-ring (bicyclic) bond motifs is 1. The van der Waals surface area contributed by atoms with E-state index in [4.69, 9.17) is 4.74 Å². The van der Waals surface area contributed by atoms with Gasteiger partial charge in [0.15, 0.2) is 0 Å². The first kappa shape index (κ1) is 20.9. The number of nitrogens with zero attached hydrogens (tertiary/aromatic N) is 4. The molecule has 1 N–H and O–H groups in total. The summed E-state index contributed by atoms with van der Waals surface area (Å²) in [7, 11) is 0. The Balaban J connectivity index is 1.20. The van der Waals surface area contributed by atoms with E-state index in [2.05, 4.69) is 32.5 Å². The van der Waals surface area contributed by atoms with Gasteiger partial charge in [0, 0.05) is 41.2 Å². The smallest absolute Gasteiger partial charge is 0.251 e. The normalized spacial score (nSPS) is 14.5. The average Bonchev–Trinajstić information content (AvgIpc) is 3.40. The molecule has 0 bridgehead atoms. The van der Waals surface area contributed by atoms with Crippen LogP contribution in [-0.4, -0.2) is 38.3 Å². The first-order valence-electron chi connectivity index (χ1n) is 11.0. The van der Waals surface area contributed by atoms with Crippen LogP contribution in [0.2, 0.25) is 0 Å². The molecule has 166 valence electrons. The lowest BCUT2D eigenvalue weighted by Crippen LogP contribution is -2.34. The van der Waals surface area contributed by atoms with Crippen LogP contribution in [0.4, 0.5) is 0 Å². The SMILES string of the molecule is Cc1cc(C)n(Cc2ccc(C(=O)NC[C@@H]3Cc4cccc(-c5cncnc5)c4O3)cc2)n1. The zero-order chi connectivity index (χ0) is 22.8. The topological polar surface area (TPSA) is 81.9 Å². The van der Waals surface area contributed by atoms with Gasteiger partial charge in [-0.2, -0.15) is 5.10 Å². The first-order valence-corrected chi connectivity index (χ1v) is 11.0. The minimum atomic E-state index is -0.111. The predicted molar refractivity (Wildman–Crippen MR) is 125 cm³/mol. The third kappa shape index (κ3) is 4.48. The summed E-state index contributed by atoms with van der Waals surface area (Å²) in [6.45, 7) is 5.15. The second-order valence-electron chi connectivity index (χ2n) is 8.36. The van der Waals surface area contributed by atoms with Gasteiger partial charge in [-0.1, -0.05) is 30.3 Å². The molecule has 0 spiro atoms. The van der Waals surface area contributed by atoms with E-state index in [-0.39, 0.29) is 12.0 Å². The molecule has 0 saturated heterocycles. The lowest BCUT2D eigenvalue weighted by Gasteiger charge is -2.14. The molecular weight excluding hydrogens is 414 g/mol. The largest absolute Gasteiger partial charge is 0.487 e. The Bertz CT molecular complexity index is 1280. The van der Waals surface area contributed by atoms with E-state index in [0.29, 0.717) is 18.7 Å². The molecule has 7 nitrogen and oxygen atoms in total. The van der Waals surface area contributed by atoms with Gasteiger partial charge in [0.05, 0.1) is 18.8 Å². The highest BCUT2D eigenvalue weighted by Gasteiger charge is 2.26. The maximum atomic E-state index is 12.7. The molecule has 1 atom stereocenters. The molecule has 0 fully saturated rings. The number of benzene rings is 2. The van der Waals surface area contributed by atoms with Crippen molar-refractivity contribution in [2.45, 2.75) is 32.9 Å². The number of amides is 1. The third-order valence-corrected chi connectivity index (χ3v) is 5.84. The molecule has 4 aromatic rings. The standard InChI is InChI=1S/C26H25N5O2/c1-17-10-18(2)31(30-17)15-19-6-8-20(9-7-19)26(32)29-14-23-11-21-4-3-5-24(25(21)33-23)22-12-27-16-28-13-22/h3-10,12-13,16,23H,11,14-15H2,1-2H3,(H,29,32)/t23-/m0/s1. The summed E-state index contributed by atoms with van der Waals surface area (Å²) in [4.78, 5) is 20.9. The van der Waals surface area contributed by atoms with Crippen molar-refractivity contribution in [2.75, 3.05) is 6.54 Å². The van der Waals surface area contributed by atoms with Gasteiger partial charge in [0.1, 0.15) is 18.2 Å². The quantitative estimate of drug-likeness (QED) is 0.495. The summed E-state index contributed by atoms with van der Waals surface area (Å²) in [6, 6.07) is 15.8. The van der Waals surface area contributed by atoms with Crippen LogP contribution in [0.5, 0.6) is 5.75 Å². The number of nitrogens with one attached hydrogen (secondary N) is 1. The Morgan fingerprint density at radius 3 is 2.64 bits per heavy atom. The molecule has 33 heavy (non-hydrogen) atoms. The van der Waals surface area contributed by atoms with Crippen molar-refractivity contribution in [3.63, 3.8) is 0 Å². The molecule has 7 heteroatoms. The van der Waals surface area contributed by atoms with Crippen LogP contribution in [0.3, 0.4) is 0 Å². The van der Waals surface area contributed by atoms with Gasteiger partial charge in [-0.3, -0.25) is 9.48 Å². The fraction of sp³-hybridized carbons (Fsp3) is 0.231. The Kier molecular flexibility index (Phi) is 5.60. The summed E-state index contributed by atoms with van der Waals surface area (Å²) < 4.78 is 8.17. The number of para-hydroxylation sites is 1. The van der Waals surface area contributed by atoms with Crippen LogP contribution in [0.15, 0.2) is 67.3 Å². The zero-order valence-electron chi connectivity index (χ0n) is 18.7. The van der Waals surface area contributed by atoms with Crippen LogP contribution in [0.25, 0.3) is 11.1 Å². The van der Waals surface area contributed by atoms with Gasteiger partial charge in [-0.15, -0.1) is 0 Å². The maximum absolute atomic E-state index is 12.7. The number of carbonyl (C=O) groups is 1. The molecule has 1 aliphatic heterocycles.